The highest BCUT2D eigenvalue weighted by molar-refractivity contribution is 9.10. The number of hydrogen-bond donors (Lipinski definition) is 2. The Labute approximate surface area is 272 Å². The van der Waals surface area contributed by atoms with E-state index in [9.17, 15) is 13.6 Å². The highest BCUT2D eigenvalue weighted by Crippen LogP contribution is 2.44. The average molecular weight is 691 g/mol. The van der Waals surface area contributed by atoms with E-state index in [-0.39, 0.29) is 37.6 Å². The fraction of sp³-hybridized carbons (Fsp3) is 0.235. The quantitative estimate of drug-likeness (QED) is 0.0671. The molecule has 9 nitrogen and oxygen atoms in total. The third kappa shape index (κ3) is 7.37. The van der Waals surface area contributed by atoms with Gasteiger partial charge in [-0.15, -0.1) is 0 Å². The summed E-state index contributed by atoms with van der Waals surface area (Å²) in [4.78, 5) is 22.4. The molecular formula is C34H30BrF2N5O4. The van der Waals surface area contributed by atoms with Gasteiger partial charge in [0.05, 0.1) is 13.2 Å². The molecule has 1 amide bonds. The van der Waals surface area contributed by atoms with Gasteiger partial charge in [0.2, 0.25) is 5.90 Å². The van der Waals surface area contributed by atoms with E-state index < -0.39 is 29.2 Å². The van der Waals surface area contributed by atoms with Crippen molar-refractivity contribution in [2.75, 3.05) is 13.2 Å². The van der Waals surface area contributed by atoms with Crippen LogP contribution in [-0.2, 0) is 29.0 Å². The number of amides is 1. The van der Waals surface area contributed by atoms with Crippen LogP contribution < -0.4 is 10.1 Å². The van der Waals surface area contributed by atoms with Crippen LogP contribution in [0, 0.1) is 11.6 Å². The Bertz CT molecular complexity index is 1780. The number of aliphatic hydroxyl groups is 1. The molecule has 0 aromatic heterocycles. The lowest BCUT2D eigenvalue weighted by molar-refractivity contribution is -0.129. The molecule has 5 rings (SSSR count). The lowest BCUT2D eigenvalue weighted by Gasteiger charge is -2.32. The first-order valence-corrected chi connectivity index (χ1v) is 15.3. The maximum atomic E-state index is 14.6. The fourth-order valence-electron chi connectivity index (χ4n) is 5.24. The first-order valence-electron chi connectivity index (χ1n) is 14.5. The molecule has 2 atom stereocenters. The summed E-state index contributed by atoms with van der Waals surface area (Å²) in [7, 11) is 0. The average Bonchev–Trinajstić information content (AvgIpc) is 3.46. The monoisotopic (exact) mass is 689 g/mol. The van der Waals surface area contributed by atoms with E-state index in [4.69, 9.17) is 25.1 Å². The van der Waals surface area contributed by atoms with Gasteiger partial charge in [0.15, 0.2) is 11.6 Å². The van der Waals surface area contributed by atoms with Crippen molar-refractivity contribution in [3.63, 3.8) is 0 Å². The second kappa shape index (κ2) is 15.0. The molecule has 236 valence electrons. The number of carbonyl (C=O) groups is 1. The molecule has 4 aromatic carbocycles. The SMILES string of the molecule is [N-]=[N+]=NCc1ccccc1[C@H]1OC(c2ccc(OCCCO)cc2)=N[C@@]1(Cc1ccccc1Br)C(=O)NCc1cc(F)ccc1F. The molecule has 0 unspecified atom stereocenters. The Kier molecular flexibility index (Phi) is 10.6. The molecular weight excluding hydrogens is 660 g/mol. The van der Waals surface area contributed by atoms with Gasteiger partial charge in [-0.25, -0.2) is 13.8 Å². The number of benzene rings is 4. The largest absolute Gasteiger partial charge is 0.494 e. The second-order valence-electron chi connectivity index (χ2n) is 10.6. The van der Waals surface area contributed by atoms with Crippen LogP contribution in [0.25, 0.3) is 10.4 Å². The predicted octanol–water partition coefficient (Wildman–Crippen LogP) is 7.11. The number of azide groups is 1. The number of nitrogens with zero attached hydrogens (tertiary/aromatic N) is 4. The molecule has 46 heavy (non-hydrogen) atoms. The van der Waals surface area contributed by atoms with E-state index in [2.05, 4.69) is 31.3 Å². The molecule has 1 aliphatic heterocycles. The molecule has 4 aromatic rings. The topological polar surface area (TPSA) is 129 Å². The first-order chi connectivity index (χ1) is 22.3. The number of aliphatic imine (C=N–C) groups is 1. The molecule has 0 saturated heterocycles. The van der Waals surface area contributed by atoms with Crippen molar-refractivity contribution < 1.29 is 28.2 Å². The van der Waals surface area contributed by atoms with Crippen molar-refractivity contribution in [1.29, 1.82) is 0 Å². The molecule has 0 spiro atoms. The van der Waals surface area contributed by atoms with Crippen molar-refractivity contribution in [2.24, 2.45) is 10.1 Å². The summed E-state index contributed by atoms with van der Waals surface area (Å²) in [6, 6.07) is 24.6. The van der Waals surface area contributed by atoms with Gasteiger partial charge < -0.3 is 19.9 Å². The van der Waals surface area contributed by atoms with Crippen molar-refractivity contribution in [3.8, 4) is 5.75 Å². The van der Waals surface area contributed by atoms with Crippen LogP contribution in [0.1, 0.15) is 40.3 Å². The molecule has 0 aliphatic carbocycles. The van der Waals surface area contributed by atoms with Crippen molar-refractivity contribution in [3.05, 3.63) is 145 Å². The highest BCUT2D eigenvalue weighted by Gasteiger charge is 2.54. The summed E-state index contributed by atoms with van der Waals surface area (Å²) < 4.78 is 41.5. The van der Waals surface area contributed by atoms with E-state index in [1.54, 1.807) is 48.5 Å². The maximum absolute atomic E-state index is 14.6. The molecule has 0 bridgehead atoms. The van der Waals surface area contributed by atoms with Crippen molar-refractivity contribution >= 4 is 27.7 Å². The van der Waals surface area contributed by atoms with Gasteiger partial charge in [-0.1, -0.05) is 63.5 Å². The molecule has 0 radical (unpaired) electrons. The number of rotatable bonds is 13. The first kappa shape index (κ1) is 32.6. The summed E-state index contributed by atoms with van der Waals surface area (Å²) in [5, 5.41) is 15.6. The number of ether oxygens (including phenoxy) is 2. The van der Waals surface area contributed by atoms with Crippen molar-refractivity contribution in [2.45, 2.75) is 37.6 Å². The number of halogens is 3. The maximum Gasteiger partial charge on any atom is 0.252 e. The van der Waals surface area contributed by atoms with Gasteiger partial charge in [-0.05, 0) is 70.8 Å². The number of hydrogen-bond acceptors (Lipinski definition) is 6. The number of nitrogens with one attached hydrogen (secondary N) is 1. The molecule has 2 N–H and O–H groups in total. The smallest absolute Gasteiger partial charge is 0.252 e. The highest BCUT2D eigenvalue weighted by atomic mass is 79.9. The van der Waals surface area contributed by atoms with Crippen LogP contribution in [-0.4, -0.2) is 35.7 Å². The van der Waals surface area contributed by atoms with Gasteiger partial charge in [-0.2, -0.15) is 0 Å². The van der Waals surface area contributed by atoms with E-state index in [1.165, 1.54) is 0 Å². The summed E-state index contributed by atoms with van der Waals surface area (Å²) in [6.07, 6.45) is -0.448. The zero-order valence-electron chi connectivity index (χ0n) is 24.6. The van der Waals surface area contributed by atoms with E-state index in [0.717, 1.165) is 28.2 Å². The van der Waals surface area contributed by atoms with Gasteiger partial charge in [0.25, 0.3) is 5.91 Å². The minimum Gasteiger partial charge on any atom is -0.494 e. The Morgan fingerprint density at radius 1 is 1.04 bits per heavy atom. The van der Waals surface area contributed by atoms with Gasteiger partial charge in [0.1, 0.15) is 17.4 Å². The Morgan fingerprint density at radius 2 is 1.78 bits per heavy atom. The normalized spacial score (nSPS) is 17.0. The third-order valence-electron chi connectivity index (χ3n) is 7.54. The lowest BCUT2D eigenvalue weighted by Crippen LogP contribution is -2.50. The lowest BCUT2D eigenvalue weighted by atomic mass is 9.80. The van der Waals surface area contributed by atoms with Crippen LogP contribution in [0.5, 0.6) is 5.75 Å². The zero-order chi connectivity index (χ0) is 32.5. The van der Waals surface area contributed by atoms with Crippen LogP contribution in [0.3, 0.4) is 0 Å². The Balaban J connectivity index is 1.62. The molecule has 0 fully saturated rings. The Hall–Kier alpha value is -4.77. The Morgan fingerprint density at radius 3 is 2.52 bits per heavy atom. The molecule has 12 heteroatoms. The van der Waals surface area contributed by atoms with E-state index in [0.29, 0.717) is 35.5 Å². The molecule has 0 saturated carbocycles. The summed E-state index contributed by atoms with van der Waals surface area (Å²) in [5.74, 6) is -1.10. The van der Waals surface area contributed by atoms with Gasteiger partial charge >= 0.3 is 0 Å². The minimum absolute atomic E-state index is 0.00295. The fourth-order valence-corrected chi connectivity index (χ4v) is 5.67. The van der Waals surface area contributed by atoms with Gasteiger partial charge in [0, 0.05) is 46.5 Å². The summed E-state index contributed by atoms with van der Waals surface area (Å²) in [6.45, 7) is 0.0677. The van der Waals surface area contributed by atoms with Crippen LogP contribution in [0.2, 0.25) is 0 Å². The number of aliphatic hydroxyl groups excluding tert-OH is 1. The minimum atomic E-state index is -1.63. The van der Waals surface area contributed by atoms with Crippen molar-refractivity contribution in [1.82, 2.24) is 5.32 Å². The third-order valence-corrected chi connectivity index (χ3v) is 8.31. The molecule has 1 heterocycles. The summed E-state index contributed by atoms with van der Waals surface area (Å²) >= 11 is 3.59. The standard InChI is InChI=1S/C34H30BrF2N5O4/c35-29-9-4-2-6-23(29)19-34(33(44)39-20-25-18-26(36)12-15-30(25)37)31(28-8-3-1-7-24(28)21-40-42-38)46-32(41-34)22-10-13-27(14-11-22)45-17-5-16-43/h1-4,6-15,18,31,43H,5,16-17,19-21H2,(H,39,44)/t31-,34-/m1/s1. The summed E-state index contributed by atoms with van der Waals surface area (Å²) in [5.41, 5.74) is 9.95. The zero-order valence-corrected chi connectivity index (χ0v) is 26.2. The number of carbonyl (C=O) groups excluding carboxylic acids is 1. The van der Waals surface area contributed by atoms with Gasteiger partial charge in [-0.3, -0.25) is 4.79 Å². The molecule has 1 aliphatic rings. The second-order valence-corrected chi connectivity index (χ2v) is 11.4. The van der Waals surface area contributed by atoms with Crippen LogP contribution in [0.15, 0.2) is 106 Å². The van der Waals surface area contributed by atoms with E-state index in [1.807, 2.05) is 24.3 Å². The van der Waals surface area contributed by atoms with Crippen LogP contribution >= 0.6 is 15.9 Å². The van der Waals surface area contributed by atoms with E-state index >= 15 is 0 Å². The van der Waals surface area contributed by atoms with Crippen LogP contribution in [0.4, 0.5) is 8.78 Å². The predicted molar refractivity (Wildman–Crippen MR) is 172 cm³/mol.